The van der Waals surface area contributed by atoms with E-state index in [1.807, 2.05) is 6.20 Å². The van der Waals surface area contributed by atoms with E-state index in [4.69, 9.17) is 0 Å². The van der Waals surface area contributed by atoms with Crippen molar-refractivity contribution in [2.24, 2.45) is 5.92 Å². The lowest BCUT2D eigenvalue weighted by Gasteiger charge is -2.23. The molecule has 0 bridgehead atoms. The minimum absolute atomic E-state index is 0.743. The average Bonchev–Trinajstić information content (AvgIpc) is 3.19. The van der Waals surface area contributed by atoms with Crippen molar-refractivity contribution in [3.63, 3.8) is 0 Å². The Labute approximate surface area is 122 Å². The zero-order chi connectivity index (χ0) is 13.9. The van der Waals surface area contributed by atoms with Crippen LogP contribution in [0.4, 0.5) is 5.69 Å². The number of hydrogen-bond donors (Lipinski definition) is 1. The van der Waals surface area contributed by atoms with Crippen molar-refractivity contribution in [1.29, 1.82) is 0 Å². The topological polar surface area (TPSA) is 31.4 Å². The molecule has 4 nitrogen and oxygen atoms in total. The molecule has 2 fully saturated rings. The SMILES string of the molecule is CN1CCC(CN(C)c2ccnc(CNC3CC3)c2)C1. The molecule has 1 N–H and O–H groups in total. The quantitative estimate of drug-likeness (QED) is 0.856. The molecule has 1 atom stereocenters. The molecular weight excluding hydrogens is 248 g/mol. The van der Waals surface area contributed by atoms with Crippen molar-refractivity contribution < 1.29 is 0 Å². The van der Waals surface area contributed by atoms with E-state index >= 15 is 0 Å². The second-order valence-corrected chi connectivity index (χ2v) is 6.46. The van der Waals surface area contributed by atoms with Gasteiger partial charge in [-0.1, -0.05) is 0 Å². The fourth-order valence-corrected chi connectivity index (χ4v) is 3.00. The van der Waals surface area contributed by atoms with Gasteiger partial charge in [0.25, 0.3) is 0 Å². The van der Waals surface area contributed by atoms with Crippen LogP contribution in [0.2, 0.25) is 0 Å². The van der Waals surface area contributed by atoms with Gasteiger partial charge in [0, 0.05) is 44.6 Å². The van der Waals surface area contributed by atoms with Crippen LogP contribution in [0.3, 0.4) is 0 Å². The Bertz CT molecular complexity index is 444. The summed E-state index contributed by atoms with van der Waals surface area (Å²) in [5, 5.41) is 3.53. The number of aromatic nitrogens is 1. The predicted octanol–water partition coefficient (Wildman–Crippen LogP) is 1.72. The minimum Gasteiger partial charge on any atom is -0.374 e. The van der Waals surface area contributed by atoms with Crippen molar-refractivity contribution in [2.75, 3.05) is 38.6 Å². The van der Waals surface area contributed by atoms with E-state index in [2.05, 4.69) is 46.3 Å². The van der Waals surface area contributed by atoms with Gasteiger partial charge in [0.05, 0.1) is 5.69 Å². The molecule has 1 aromatic heterocycles. The number of hydrogen-bond acceptors (Lipinski definition) is 4. The standard InChI is InChI=1S/C16H26N4/c1-19-8-6-13(11-19)12-20(2)16-5-7-17-15(9-16)10-18-14-3-4-14/h5,7,9,13-14,18H,3-4,6,8,10-12H2,1-2H3. The van der Waals surface area contributed by atoms with E-state index in [0.29, 0.717) is 0 Å². The van der Waals surface area contributed by atoms with Crippen molar-refractivity contribution in [2.45, 2.75) is 31.8 Å². The molecule has 4 heteroatoms. The zero-order valence-electron chi connectivity index (χ0n) is 12.7. The monoisotopic (exact) mass is 274 g/mol. The Kier molecular flexibility index (Phi) is 4.22. The molecule has 20 heavy (non-hydrogen) atoms. The van der Waals surface area contributed by atoms with Crippen LogP contribution in [0, 0.1) is 5.92 Å². The van der Waals surface area contributed by atoms with Crippen molar-refractivity contribution in [1.82, 2.24) is 15.2 Å². The van der Waals surface area contributed by atoms with Gasteiger partial charge in [-0.05, 0) is 50.9 Å². The summed E-state index contributed by atoms with van der Waals surface area (Å²) in [6.07, 6.45) is 5.92. The maximum Gasteiger partial charge on any atom is 0.0562 e. The molecule has 3 rings (SSSR count). The molecule has 110 valence electrons. The van der Waals surface area contributed by atoms with Crippen LogP contribution in [0.1, 0.15) is 25.0 Å². The van der Waals surface area contributed by atoms with Crippen molar-refractivity contribution in [3.05, 3.63) is 24.0 Å². The summed E-state index contributed by atoms with van der Waals surface area (Å²) < 4.78 is 0. The third kappa shape index (κ3) is 3.70. The van der Waals surface area contributed by atoms with Gasteiger partial charge in [-0.3, -0.25) is 4.98 Å². The number of rotatable bonds is 6. The van der Waals surface area contributed by atoms with E-state index in [1.165, 1.54) is 38.0 Å². The third-order valence-corrected chi connectivity index (χ3v) is 4.41. The summed E-state index contributed by atoms with van der Waals surface area (Å²) in [5.41, 5.74) is 2.45. The van der Waals surface area contributed by atoms with E-state index in [1.54, 1.807) is 0 Å². The Morgan fingerprint density at radius 3 is 2.95 bits per heavy atom. The maximum absolute atomic E-state index is 4.47. The molecule has 2 aliphatic rings. The number of nitrogens with zero attached hydrogens (tertiary/aromatic N) is 3. The van der Waals surface area contributed by atoms with Crippen molar-refractivity contribution in [3.8, 4) is 0 Å². The van der Waals surface area contributed by atoms with Crippen LogP contribution in [-0.2, 0) is 6.54 Å². The van der Waals surface area contributed by atoms with Crippen LogP contribution >= 0.6 is 0 Å². The molecule has 1 aliphatic heterocycles. The third-order valence-electron chi connectivity index (χ3n) is 4.41. The first-order valence-electron chi connectivity index (χ1n) is 7.78. The molecule has 0 radical (unpaired) electrons. The lowest BCUT2D eigenvalue weighted by molar-refractivity contribution is 0.396. The molecular formula is C16H26N4. The lowest BCUT2D eigenvalue weighted by Crippen LogP contribution is -2.27. The van der Waals surface area contributed by atoms with Gasteiger partial charge in [0.15, 0.2) is 0 Å². The highest BCUT2D eigenvalue weighted by Crippen LogP contribution is 2.21. The van der Waals surface area contributed by atoms with Gasteiger partial charge in [0.1, 0.15) is 0 Å². The molecule has 0 amide bonds. The molecule has 2 heterocycles. The molecule has 1 unspecified atom stereocenters. The van der Waals surface area contributed by atoms with Gasteiger partial charge in [-0.15, -0.1) is 0 Å². The largest absolute Gasteiger partial charge is 0.374 e. The van der Waals surface area contributed by atoms with Crippen molar-refractivity contribution >= 4 is 5.69 Å². The molecule has 1 aliphatic carbocycles. The highest BCUT2D eigenvalue weighted by molar-refractivity contribution is 5.45. The first-order valence-corrected chi connectivity index (χ1v) is 7.78. The highest BCUT2D eigenvalue weighted by Gasteiger charge is 2.22. The molecule has 1 saturated carbocycles. The Balaban J connectivity index is 1.55. The first kappa shape index (κ1) is 13.8. The Morgan fingerprint density at radius 2 is 2.25 bits per heavy atom. The molecule has 0 aromatic carbocycles. The second-order valence-electron chi connectivity index (χ2n) is 6.46. The number of anilines is 1. The molecule has 0 spiro atoms. The minimum atomic E-state index is 0.743. The van der Waals surface area contributed by atoms with Gasteiger partial charge < -0.3 is 15.1 Å². The van der Waals surface area contributed by atoms with E-state index in [-0.39, 0.29) is 0 Å². The fourth-order valence-electron chi connectivity index (χ4n) is 3.00. The first-order chi connectivity index (χ1) is 9.70. The lowest BCUT2D eigenvalue weighted by atomic mass is 10.1. The maximum atomic E-state index is 4.47. The summed E-state index contributed by atoms with van der Waals surface area (Å²) in [6, 6.07) is 5.10. The summed E-state index contributed by atoms with van der Waals surface area (Å²) in [6.45, 7) is 4.51. The highest BCUT2D eigenvalue weighted by atomic mass is 15.2. The van der Waals surface area contributed by atoms with Crippen LogP contribution in [-0.4, -0.2) is 49.7 Å². The van der Waals surface area contributed by atoms with Gasteiger partial charge in [-0.25, -0.2) is 0 Å². The summed E-state index contributed by atoms with van der Waals surface area (Å²) in [7, 11) is 4.42. The smallest absolute Gasteiger partial charge is 0.0562 e. The molecule has 1 saturated heterocycles. The van der Waals surface area contributed by atoms with Crippen LogP contribution in [0.25, 0.3) is 0 Å². The van der Waals surface area contributed by atoms with E-state index in [9.17, 15) is 0 Å². The van der Waals surface area contributed by atoms with Crippen LogP contribution in [0.5, 0.6) is 0 Å². The Hall–Kier alpha value is -1.13. The fraction of sp³-hybridized carbons (Fsp3) is 0.688. The number of pyridine rings is 1. The van der Waals surface area contributed by atoms with Crippen LogP contribution < -0.4 is 10.2 Å². The summed E-state index contributed by atoms with van der Waals surface area (Å²) in [5.74, 6) is 0.797. The summed E-state index contributed by atoms with van der Waals surface area (Å²) >= 11 is 0. The normalized spacial score (nSPS) is 23.2. The Morgan fingerprint density at radius 1 is 1.40 bits per heavy atom. The second kappa shape index (κ2) is 6.10. The number of likely N-dealkylation sites (tertiary alicyclic amines) is 1. The molecule has 1 aromatic rings. The average molecular weight is 274 g/mol. The van der Waals surface area contributed by atoms with E-state index in [0.717, 1.165) is 30.7 Å². The number of nitrogens with one attached hydrogen (secondary N) is 1. The predicted molar refractivity (Wildman–Crippen MR) is 83.0 cm³/mol. The summed E-state index contributed by atoms with van der Waals surface area (Å²) in [4.78, 5) is 9.28. The zero-order valence-corrected chi connectivity index (χ0v) is 12.7. The van der Waals surface area contributed by atoms with Crippen LogP contribution in [0.15, 0.2) is 18.3 Å². The van der Waals surface area contributed by atoms with Gasteiger partial charge in [-0.2, -0.15) is 0 Å². The van der Waals surface area contributed by atoms with Gasteiger partial charge >= 0.3 is 0 Å². The van der Waals surface area contributed by atoms with Gasteiger partial charge in [0.2, 0.25) is 0 Å². The van der Waals surface area contributed by atoms with E-state index < -0.39 is 0 Å².